The molecule has 0 radical (unpaired) electrons. The molecule has 5 nitrogen and oxygen atoms in total. The third-order valence-corrected chi connectivity index (χ3v) is 3.34. The van der Waals surface area contributed by atoms with Crippen LogP contribution in [-0.2, 0) is 11.3 Å². The monoisotopic (exact) mass is 276 g/mol. The number of nitrogens with zero attached hydrogens (tertiary/aromatic N) is 2. The van der Waals surface area contributed by atoms with Crippen LogP contribution in [0.3, 0.4) is 0 Å². The Morgan fingerprint density at radius 3 is 2.68 bits per heavy atom. The number of hydrogen-bond donors (Lipinski definition) is 1. The first-order valence-electron chi connectivity index (χ1n) is 5.61. The number of rotatable bonds is 5. The van der Waals surface area contributed by atoms with E-state index in [0.717, 1.165) is 17.3 Å². The SMILES string of the molecule is O=C(O)CSc1nc(=O)ccn1Cc1ccccc1. The van der Waals surface area contributed by atoms with Crippen LogP contribution in [0.4, 0.5) is 0 Å². The number of aromatic nitrogens is 2. The molecule has 1 aromatic carbocycles. The summed E-state index contributed by atoms with van der Waals surface area (Å²) < 4.78 is 1.77. The second kappa shape index (κ2) is 6.19. The van der Waals surface area contributed by atoms with E-state index in [1.807, 2.05) is 30.3 Å². The van der Waals surface area contributed by atoms with E-state index in [9.17, 15) is 9.59 Å². The van der Waals surface area contributed by atoms with Crippen LogP contribution >= 0.6 is 11.8 Å². The summed E-state index contributed by atoms with van der Waals surface area (Å²) in [6.07, 6.45) is 1.63. The Morgan fingerprint density at radius 2 is 2.00 bits per heavy atom. The number of hydrogen-bond acceptors (Lipinski definition) is 4. The Labute approximate surface area is 113 Å². The van der Waals surface area contributed by atoms with Crippen molar-refractivity contribution >= 4 is 17.7 Å². The Hall–Kier alpha value is -2.08. The molecule has 0 atom stereocenters. The van der Waals surface area contributed by atoms with Gasteiger partial charge in [0.05, 0.1) is 5.75 Å². The largest absolute Gasteiger partial charge is 0.481 e. The van der Waals surface area contributed by atoms with E-state index in [4.69, 9.17) is 5.11 Å². The van der Waals surface area contributed by atoms with Crippen LogP contribution in [-0.4, -0.2) is 26.4 Å². The lowest BCUT2D eigenvalue weighted by Gasteiger charge is -2.10. The van der Waals surface area contributed by atoms with Crippen LogP contribution in [0.1, 0.15) is 5.56 Å². The number of aliphatic carboxylic acids is 1. The molecule has 1 heterocycles. The highest BCUT2D eigenvalue weighted by atomic mass is 32.2. The van der Waals surface area contributed by atoms with E-state index >= 15 is 0 Å². The second-order valence-corrected chi connectivity index (χ2v) is 4.79. The Balaban J connectivity index is 2.24. The van der Waals surface area contributed by atoms with Gasteiger partial charge >= 0.3 is 5.97 Å². The van der Waals surface area contributed by atoms with Gasteiger partial charge in [-0.05, 0) is 5.56 Å². The Kier molecular flexibility index (Phi) is 4.35. The molecule has 0 saturated heterocycles. The summed E-state index contributed by atoms with van der Waals surface area (Å²) >= 11 is 1.04. The van der Waals surface area contributed by atoms with Crippen molar-refractivity contribution in [2.24, 2.45) is 0 Å². The number of carboxylic acids is 1. The molecule has 2 rings (SSSR count). The van der Waals surface area contributed by atoms with Crippen molar-refractivity contribution in [3.63, 3.8) is 0 Å². The minimum Gasteiger partial charge on any atom is -0.481 e. The fourth-order valence-corrected chi connectivity index (χ4v) is 2.25. The molecular formula is C13H12N2O3S. The van der Waals surface area contributed by atoms with Gasteiger partial charge in [-0.2, -0.15) is 4.98 Å². The van der Waals surface area contributed by atoms with Crippen LogP contribution in [0.25, 0.3) is 0 Å². The zero-order chi connectivity index (χ0) is 13.7. The quantitative estimate of drug-likeness (QED) is 0.661. The fraction of sp³-hybridized carbons (Fsp3) is 0.154. The number of benzene rings is 1. The second-order valence-electron chi connectivity index (χ2n) is 3.84. The first kappa shape index (κ1) is 13.4. The molecule has 0 aliphatic heterocycles. The Bertz CT molecular complexity index is 625. The summed E-state index contributed by atoms with van der Waals surface area (Å²) in [6, 6.07) is 11.1. The first-order valence-corrected chi connectivity index (χ1v) is 6.60. The molecule has 1 aromatic heterocycles. The van der Waals surface area contributed by atoms with E-state index in [0.29, 0.717) is 11.7 Å². The van der Waals surface area contributed by atoms with Gasteiger partial charge in [-0.25, -0.2) is 0 Å². The van der Waals surface area contributed by atoms with E-state index < -0.39 is 5.97 Å². The first-order chi connectivity index (χ1) is 9.15. The topological polar surface area (TPSA) is 72.2 Å². The van der Waals surface area contributed by atoms with Gasteiger partial charge in [0.25, 0.3) is 5.56 Å². The fourth-order valence-electron chi connectivity index (χ4n) is 1.56. The highest BCUT2D eigenvalue weighted by Gasteiger charge is 2.07. The lowest BCUT2D eigenvalue weighted by molar-refractivity contribution is -0.133. The lowest BCUT2D eigenvalue weighted by Crippen LogP contribution is -2.14. The maximum Gasteiger partial charge on any atom is 0.313 e. The van der Waals surface area contributed by atoms with E-state index in [1.165, 1.54) is 6.07 Å². The maximum absolute atomic E-state index is 11.3. The van der Waals surface area contributed by atoms with Gasteiger partial charge in [0.1, 0.15) is 0 Å². The molecule has 0 amide bonds. The number of thioether (sulfide) groups is 1. The highest BCUT2D eigenvalue weighted by molar-refractivity contribution is 7.99. The normalized spacial score (nSPS) is 10.3. The molecule has 2 aromatic rings. The summed E-state index contributed by atoms with van der Waals surface area (Å²) in [5, 5.41) is 9.10. The molecule has 0 spiro atoms. The third kappa shape index (κ3) is 3.96. The summed E-state index contributed by atoms with van der Waals surface area (Å²) in [5.41, 5.74) is 0.697. The molecule has 6 heteroatoms. The van der Waals surface area contributed by atoms with Gasteiger partial charge in [-0.1, -0.05) is 42.1 Å². The van der Waals surface area contributed by atoms with Gasteiger partial charge in [0, 0.05) is 18.8 Å². The van der Waals surface area contributed by atoms with Crippen molar-refractivity contribution in [2.45, 2.75) is 11.7 Å². The number of carbonyl (C=O) groups is 1. The maximum atomic E-state index is 11.3. The predicted molar refractivity (Wildman–Crippen MR) is 72.4 cm³/mol. The van der Waals surface area contributed by atoms with Crippen LogP contribution in [0.5, 0.6) is 0 Å². The van der Waals surface area contributed by atoms with Crippen molar-refractivity contribution in [3.05, 3.63) is 58.5 Å². The minimum absolute atomic E-state index is 0.120. The lowest BCUT2D eigenvalue weighted by atomic mass is 10.2. The molecule has 0 aliphatic rings. The summed E-state index contributed by atoms with van der Waals surface area (Å²) in [7, 11) is 0. The summed E-state index contributed by atoms with van der Waals surface area (Å²) in [5.74, 6) is -1.06. The molecule has 0 fully saturated rings. The van der Waals surface area contributed by atoms with Gasteiger partial charge in [0.15, 0.2) is 5.16 Å². The average Bonchev–Trinajstić information content (AvgIpc) is 2.40. The molecule has 98 valence electrons. The third-order valence-electron chi connectivity index (χ3n) is 2.37. The molecule has 0 aliphatic carbocycles. The van der Waals surface area contributed by atoms with E-state index in [2.05, 4.69) is 4.98 Å². The van der Waals surface area contributed by atoms with Crippen molar-refractivity contribution in [2.75, 3.05) is 5.75 Å². The zero-order valence-corrected chi connectivity index (χ0v) is 10.8. The van der Waals surface area contributed by atoms with Crippen molar-refractivity contribution < 1.29 is 9.90 Å². The molecule has 0 saturated carbocycles. The van der Waals surface area contributed by atoms with E-state index in [1.54, 1.807) is 10.8 Å². The van der Waals surface area contributed by atoms with Crippen LogP contribution < -0.4 is 5.56 Å². The van der Waals surface area contributed by atoms with Crippen molar-refractivity contribution in [1.29, 1.82) is 0 Å². The highest BCUT2D eigenvalue weighted by Crippen LogP contribution is 2.15. The average molecular weight is 276 g/mol. The van der Waals surface area contributed by atoms with Crippen LogP contribution in [0.2, 0.25) is 0 Å². The Morgan fingerprint density at radius 1 is 1.26 bits per heavy atom. The molecule has 0 bridgehead atoms. The molecular weight excluding hydrogens is 264 g/mol. The smallest absolute Gasteiger partial charge is 0.313 e. The van der Waals surface area contributed by atoms with Gasteiger partial charge in [0.2, 0.25) is 0 Å². The van der Waals surface area contributed by atoms with Crippen molar-refractivity contribution in [1.82, 2.24) is 9.55 Å². The molecule has 0 unspecified atom stereocenters. The van der Waals surface area contributed by atoms with Gasteiger partial charge in [-0.15, -0.1) is 0 Å². The van der Waals surface area contributed by atoms with Crippen LogP contribution in [0.15, 0.2) is 52.5 Å². The zero-order valence-electron chi connectivity index (χ0n) is 10.0. The van der Waals surface area contributed by atoms with E-state index in [-0.39, 0.29) is 11.3 Å². The summed E-state index contributed by atoms with van der Waals surface area (Å²) in [4.78, 5) is 25.7. The van der Waals surface area contributed by atoms with Crippen LogP contribution in [0, 0.1) is 0 Å². The summed E-state index contributed by atoms with van der Waals surface area (Å²) in [6.45, 7) is 0.552. The number of carboxylic acid groups (broad SMARTS) is 1. The molecule has 1 N–H and O–H groups in total. The van der Waals surface area contributed by atoms with Crippen molar-refractivity contribution in [3.8, 4) is 0 Å². The van der Waals surface area contributed by atoms with Gasteiger partial charge < -0.3 is 9.67 Å². The standard InChI is InChI=1S/C13H12N2O3S/c16-11-6-7-15(8-10-4-2-1-3-5-10)13(14-11)19-9-12(17)18/h1-7H,8-9H2,(H,17,18). The van der Waals surface area contributed by atoms with Gasteiger partial charge in [-0.3, -0.25) is 9.59 Å². The minimum atomic E-state index is -0.936. The molecule has 19 heavy (non-hydrogen) atoms. The predicted octanol–water partition coefficient (Wildman–Crippen LogP) is 1.47.